The Morgan fingerprint density at radius 3 is 2.74 bits per heavy atom. The van der Waals surface area contributed by atoms with Crippen molar-refractivity contribution in [1.82, 2.24) is 14.7 Å². The number of hydrogen-bond donors (Lipinski definition) is 3. The second kappa shape index (κ2) is 8.26. The first-order valence-electron chi connectivity index (χ1n) is 10.7. The number of benzene rings is 2. The zero-order chi connectivity index (χ0) is 24.2. The summed E-state index contributed by atoms with van der Waals surface area (Å²) in [5.74, 6) is -2.91. The molecule has 2 fully saturated rings. The van der Waals surface area contributed by atoms with Gasteiger partial charge in [-0.15, -0.1) is 0 Å². The fraction of sp³-hybridized carbons (Fsp3) is 0.304. The van der Waals surface area contributed by atoms with Crippen LogP contribution in [0.1, 0.15) is 16.9 Å². The van der Waals surface area contributed by atoms with Crippen molar-refractivity contribution >= 4 is 50.1 Å². The highest BCUT2D eigenvalue weighted by Crippen LogP contribution is 2.50. The van der Waals surface area contributed by atoms with Crippen molar-refractivity contribution in [1.29, 1.82) is 0 Å². The number of fused-ring (bicyclic) bond motifs is 2. The van der Waals surface area contributed by atoms with Gasteiger partial charge in [0, 0.05) is 11.9 Å². The second-order valence-electron chi connectivity index (χ2n) is 8.71. The molecular formula is C23H21BrFN5O4. The molecule has 9 nitrogen and oxygen atoms in total. The van der Waals surface area contributed by atoms with Crippen LogP contribution >= 0.6 is 15.9 Å². The summed E-state index contributed by atoms with van der Waals surface area (Å²) in [6.45, 7) is 0.106. The number of amides is 2. The minimum absolute atomic E-state index is 0.00312. The molecule has 11 heteroatoms. The Balaban J connectivity index is 1.43. The summed E-state index contributed by atoms with van der Waals surface area (Å²) in [7, 11) is 0. The highest BCUT2D eigenvalue weighted by Gasteiger charge is 2.66. The number of ketones is 1. The molecule has 2 aliphatic rings. The number of primary amides is 1. The lowest BCUT2D eigenvalue weighted by Gasteiger charge is -2.21. The van der Waals surface area contributed by atoms with Crippen LogP contribution in [0, 0.1) is 11.7 Å². The summed E-state index contributed by atoms with van der Waals surface area (Å²) in [6.07, 6.45) is 0.272. The third-order valence-corrected chi connectivity index (χ3v) is 7.27. The topological polar surface area (TPSA) is 130 Å². The van der Waals surface area contributed by atoms with Crippen molar-refractivity contribution in [2.75, 3.05) is 18.5 Å². The predicted molar refractivity (Wildman–Crippen MR) is 124 cm³/mol. The van der Waals surface area contributed by atoms with E-state index in [1.807, 2.05) is 0 Å². The zero-order valence-electron chi connectivity index (χ0n) is 17.9. The van der Waals surface area contributed by atoms with Gasteiger partial charge in [-0.3, -0.25) is 24.0 Å². The number of Topliss-reactive ketones (excluding diaryl/α,β-unsaturated/α-hetero) is 1. The second-order valence-corrected chi connectivity index (χ2v) is 9.56. The molecule has 0 spiro atoms. The minimum Gasteiger partial charge on any atom is -0.394 e. The smallest absolute Gasteiger partial charge is 0.269 e. The van der Waals surface area contributed by atoms with E-state index in [9.17, 15) is 23.9 Å². The molecule has 2 aromatic carbocycles. The van der Waals surface area contributed by atoms with Crippen LogP contribution < -0.4 is 11.1 Å². The molecule has 0 radical (unpaired) electrons. The van der Waals surface area contributed by atoms with Crippen molar-refractivity contribution in [2.24, 2.45) is 11.7 Å². The van der Waals surface area contributed by atoms with E-state index in [4.69, 9.17) is 5.73 Å². The summed E-state index contributed by atoms with van der Waals surface area (Å²) < 4.78 is 16.0. The Labute approximate surface area is 201 Å². The highest BCUT2D eigenvalue weighted by atomic mass is 79.9. The maximum Gasteiger partial charge on any atom is 0.269 e. The first-order chi connectivity index (χ1) is 16.3. The molecule has 2 saturated heterocycles. The van der Waals surface area contributed by atoms with E-state index in [0.717, 1.165) is 0 Å². The van der Waals surface area contributed by atoms with Gasteiger partial charge in [-0.05, 0) is 40.5 Å². The highest BCUT2D eigenvalue weighted by molar-refractivity contribution is 9.10. The molecule has 2 aliphatic heterocycles. The van der Waals surface area contributed by atoms with Gasteiger partial charge >= 0.3 is 0 Å². The van der Waals surface area contributed by atoms with Gasteiger partial charge in [0.15, 0.2) is 17.3 Å². The van der Waals surface area contributed by atoms with Gasteiger partial charge in [-0.1, -0.05) is 24.3 Å². The molecule has 3 aromatic rings. The lowest BCUT2D eigenvalue weighted by molar-refractivity contribution is -0.129. The van der Waals surface area contributed by atoms with Gasteiger partial charge in [-0.2, -0.15) is 5.10 Å². The molecule has 4 N–H and O–H groups in total. The average molecular weight is 530 g/mol. The maximum atomic E-state index is 14.4. The van der Waals surface area contributed by atoms with Gasteiger partial charge in [0.05, 0.1) is 39.8 Å². The lowest BCUT2D eigenvalue weighted by atomic mass is 9.90. The summed E-state index contributed by atoms with van der Waals surface area (Å²) in [4.78, 5) is 40.2. The summed E-state index contributed by atoms with van der Waals surface area (Å²) in [5, 5.41) is 17.3. The molecule has 0 saturated carbocycles. The van der Waals surface area contributed by atoms with Crippen molar-refractivity contribution in [2.45, 2.75) is 24.5 Å². The molecule has 0 bridgehead atoms. The van der Waals surface area contributed by atoms with Crippen LogP contribution in [0.15, 0.2) is 46.9 Å². The van der Waals surface area contributed by atoms with E-state index < -0.39 is 35.1 Å². The predicted octanol–water partition coefficient (Wildman–Crippen LogP) is 1.68. The van der Waals surface area contributed by atoms with Crippen molar-refractivity contribution < 1.29 is 23.9 Å². The Morgan fingerprint density at radius 2 is 2.00 bits per heavy atom. The van der Waals surface area contributed by atoms with Crippen LogP contribution in [0.2, 0.25) is 0 Å². The maximum absolute atomic E-state index is 14.4. The first kappa shape index (κ1) is 22.6. The number of anilines is 1. The van der Waals surface area contributed by atoms with Gasteiger partial charge in [0.1, 0.15) is 6.54 Å². The molecule has 2 unspecified atom stereocenters. The number of nitrogens with zero attached hydrogens (tertiary/aromatic N) is 3. The third kappa shape index (κ3) is 3.60. The normalized spacial score (nSPS) is 25.2. The number of piperidine rings is 1. The van der Waals surface area contributed by atoms with Gasteiger partial charge in [0.25, 0.3) is 5.91 Å². The molecule has 1 aromatic heterocycles. The molecule has 2 amide bonds. The summed E-state index contributed by atoms with van der Waals surface area (Å²) >= 11 is 3.10. The van der Waals surface area contributed by atoms with E-state index in [1.54, 1.807) is 35.2 Å². The van der Waals surface area contributed by atoms with E-state index in [2.05, 4.69) is 26.3 Å². The number of nitrogens with one attached hydrogen (secondary N) is 1. The number of carbonyl (C=O) groups excluding carboxylic acids is 3. The minimum atomic E-state index is -0.817. The van der Waals surface area contributed by atoms with Crippen molar-refractivity contribution in [3.8, 4) is 0 Å². The SMILES string of the molecule is NC(=O)c1nn(CC(=O)C2[C@@H](C(=O)Nc3cccc(Br)c3F)C[C@@]3(CO)CN23)c2ccccc12. The van der Waals surface area contributed by atoms with Gasteiger partial charge in [0.2, 0.25) is 5.91 Å². The number of para-hydroxylation sites is 1. The van der Waals surface area contributed by atoms with Crippen LogP contribution in [0.5, 0.6) is 0 Å². The van der Waals surface area contributed by atoms with E-state index >= 15 is 0 Å². The van der Waals surface area contributed by atoms with Crippen molar-refractivity contribution in [3.63, 3.8) is 0 Å². The van der Waals surface area contributed by atoms with E-state index in [-0.39, 0.29) is 41.2 Å². The average Bonchev–Trinajstić information content (AvgIpc) is 3.24. The Morgan fingerprint density at radius 1 is 1.24 bits per heavy atom. The van der Waals surface area contributed by atoms with E-state index in [1.165, 1.54) is 16.8 Å². The Hall–Kier alpha value is -3.15. The molecule has 34 heavy (non-hydrogen) atoms. The largest absolute Gasteiger partial charge is 0.394 e. The summed E-state index contributed by atoms with van der Waals surface area (Å²) in [5.41, 5.74) is 5.44. The third-order valence-electron chi connectivity index (χ3n) is 6.65. The molecule has 5 rings (SSSR count). The van der Waals surface area contributed by atoms with Crippen LogP contribution in [0.25, 0.3) is 10.9 Å². The van der Waals surface area contributed by atoms with Gasteiger partial charge in [-0.25, -0.2) is 4.39 Å². The number of halogens is 2. The van der Waals surface area contributed by atoms with Crippen LogP contribution in [0.3, 0.4) is 0 Å². The lowest BCUT2D eigenvalue weighted by Crippen LogP contribution is -2.41. The fourth-order valence-electron chi connectivity index (χ4n) is 4.93. The number of aromatic nitrogens is 2. The Kier molecular flexibility index (Phi) is 5.50. The molecule has 0 aliphatic carbocycles. The number of rotatable bonds is 7. The molecule has 4 atom stereocenters. The number of aliphatic hydroxyl groups is 1. The monoisotopic (exact) mass is 529 g/mol. The quantitative estimate of drug-likeness (QED) is 0.399. The summed E-state index contributed by atoms with van der Waals surface area (Å²) in [6, 6.07) is 10.7. The number of nitrogens with two attached hydrogens (primary N) is 1. The first-order valence-corrected chi connectivity index (χ1v) is 11.5. The van der Waals surface area contributed by atoms with Crippen LogP contribution in [-0.4, -0.2) is 62.1 Å². The van der Waals surface area contributed by atoms with Crippen LogP contribution in [0.4, 0.5) is 10.1 Å². The van der Waals surface area contributed by atoms with Crippen molar-refractivity contribution in [3.05, 3.63) is 58.4 Å². The zero-order valence-corrected chi connectivity index (χ0v) is 19.5. The van der Waals surface area contributed by atoms with E-state index in [0.29, 0.717) is 17.4 Å². The Bertz CT molecular complexity index is 1340. The van der Waals surface area contributed by atoms with Gasteiger partial charge < -0.3 is 16.2 Å². The molecular weight excluding hydrogens is 509 g/mol. The fourth-order valence-corrected chi connectivity index (χ4v) is 5.30. The van der Waals surface area contributed by atoms with Crippen LogP contribution in [-0.2, 0) is 16.1 Å². The molecule has 176 valence electrons. The number of carbonyl (C=O) groups is 3. The number of hydrogen-bond acceptors (Lipinski definition) is 6. The standard InChI is InChI=1S/C23H21BrFN5O4/c24-14-5-3-6-15(18(14)25)27-22(34)13-8-23(11-31)10-29(23)20(13)17(32)9-30-16-7-2-1-4-12(16)19(28-30)21(26)33/h1-7,13,20,31H,8-11H2,(H2,26,33)(H,27,34)/t13-,20?,23-,29?/m0/s1. The molecule has 3 heterocycles. The number of aliphatic hydroxyl groups excluding tert-OH is 1.